The predicted molar refractivity (Wildman–Crippen MR) is 135 cm³/mol. The third-order valence-corrected chi connectivity index (χ3v) is 6.40. The predicted octanol–water partition coefficient (Wildman–Crippen LogP) is 5.75. The van der Waals surface area contributed by atoms with Crippen molar-refractivity contribution in [3.63, 3.8) is 0 Å². The molecule has 0 unspecified atom stereocenters. The lowest BCUT2D eigenvalue weighted by molar-refractivity contribution is -0.118. The summed E-state index contributed by atoms with van der Waals surface area (Å²) in [6.07, 6.45) is 3.38. The number of halogens is 2. The molecule has 4 aromatic rings. The number of hydrogen-bond acceptors (Lipinski definition) is 6. The van der Waals surface area contributed by atoms with Crippen LogP contribution in [-0.2, 0) is 4.79 Å². The number of amides is 1. The first-order chi connectivity index (χ1) is 16.5. The molecule has 170 valence electrons. The molecule has 0 radical (unpaired) electrons. The van der Waals surface area contributed by atoms with Crippen LogP contribution in [-0.4, -0.2) is 27.9 Å². The van der Waals surface area contributed by atoms with Gasteiger partial charge in [0, 0.05) is 27.7 Å². The van der Waals surface area contributed by atoms with Gasteiger partial charge >= 0.3 is 0 Å². The topological polar surface area (TPSA) is 80.9 Å². The second-order valence-corrected chi connectivity index (χ2v) is 9.08. The van der Waals surface area contributed by atoms with E-state index in [1.807, 2.05) is 48.7 Å². The number of rotatable bonds is 4. The summed E-state index contributed by atoms with van der Waals surface area (Å²) in [5.74, 6) is 0.430. The van der Waals surface area contributed by atoms with E-state index in [-0.39, 0.29) is 12.5 Å². The van der Waals surface area contributed by atoms with Gasteiger partial charge in [0.25, 0.3) is 5.91 Å². The number of anilines is 1. The number of hydrogen-bond donors (Lipinski definition) is 1. The molecule has 0 fully saturated rings. The average molecular weight is 510 g/mol. The van der Waals surface area contributed by atoms with Gasteiger partial charge in [-0.05, 0) is 49.4 Å². The van der Waals surface area contributed by atoms with Crippen molar-refractivity contribution in [2.24, 2.45) is 10.1 Å². The molecular weight excluding hydrogens is 493 g/mol. The van der Waals surface area contributed by atoms with Gasteiger partial charge in [-0.2, -0.15) is 5.10 Å². The minimum atomic E-state index is -0.193. The minimum absolute atomic E-state index is 0.00424. The van der Waals surface area contributed by atoms with Crippen LogP contribution >= 0.6 is 34.5 Å². The third kappa shape index (κ3) is 4.61. The van der Waals surface area contributed by atoms with Gasteiger partial charge in [0.1, 0.15) is 5.75 Å². The number of nitrogens with one attached hydrogen (secondary N) is 1. The van der Waals surface area contributed by atoms with Gasteiger partial charge in [0.2, 0.25) is 4.80 Å². The maximum absolute atomic E-state index is 11.8. The van der Waals surface area contributed by atoms with Gasteiger partial charge in [0.05, 0.1) is 34.0 Å². The first-order valence-electron chi connectivity index (χ1n) is 10.2. The molecule has 5 rings (SSSR count). The summed E-state index contributed by atoms with van der Waals surface area (Å²) in [6, 6.07) is 14.6. The summed E-state index contributed by atoms with van der Waals surface area (Å²) >= 11 is 13.9. The summed E-state index contributed by atoms with van der Waals surface area (Å²) in [5.41, 5.74) is 4.39. The van der Waals surface area contributed by atoms with Crippen molar-refractivity contribution in [1.29, 1.82) is 0 Å². The molecule has 0 atom stereocenters. The Morgan fingerprint density at radius 3 is 2.88 bits per heavy atom. The van der Waals surface area contributed by atoms with E-state index in [0.29, 0.717) is 37.7 Å². The number of ether oxygens (including phenoxy) is 1. The summed E-state index contributed by atoms with van der Waals surface area (Å²) in [7, 11) is 0. The number of carbonyl (C=O) groups excluding carboxylic acids is 1. The molecule has 1 aliphatic rings. The Bertz CT molecular complexity index is 1490. The van der Waals surface area contributed by atoms with E-state index < -0.39 is 0 Å². The number of benzene rings is 2. The van der Waals surface area contributed by atoms with Crippen LogP contribution in [0.2, 0.25) is 10.0 Å². The highest BCUT2D eigenvalue weighted by atomic mass is 35.5. The molecule has 0 aliphatic carbocycles. The summed E-state index contributed by atoms with van der Waals surface area (Å²) in [4.78, 5) is 21.3. The van der Waals surface area contributed by atoms with Crippen molar-refractivity contribution in [3.05, 3.63) is 86.7 Å². The Hall–Kier alpha value is -3.46. The number of aromatic nitrogens is 2. The Labute approximate surface area is 209 Å². The molecule has 3 heterocycles. The van der Waals surface area contributed by atoms with Crippen LogP contribution in [0.5, 0.6) is 5.75 Å². The first-order valence-corrected chi connectivity index (χ1v) is 11.8. The second kappa shape index (κ2) is 9.42. The normalized spacial score (nSPS) is 13.9. The van der Waals surface area contributed by atoms with Crippen LogP contribution in [0.25, 0.3) is 11.3 Å². The van der Waals surface area contributed by atoms with Crippen LogP contribution < -0.4 is 14.9 Å². The fraction of sp³-hybridized carbons (Fsp3) is 0.0833. The van der Waals surface area contributed by atoms with Crippen molar-refractivity contribution in [2.75, 3.05) is 11.9 Å². The molecule has 2 aromatic heterocycles. The van der Waals surface area contributed by atoms with Gasteiger partial charge in [-0.15, -0.1) is 11.3 Å². The molecule has 34 heavy (non-hydrogen) atoms. The number of pyridine rings is 1. The van der Waals surface area contributed by atoms with E-state index >= 15 is 0 Å². The molecule has 0 saturated heterocycles. The van der Waals surface area contributed by atoms with E-state index in [4.69, 9.17) is 38.0 Å². The van der Waals surface area contributed by atoms with E-state index in [2.05, 4.69) is 10.3 Å². The number of nitrogens with zero attached hydrogens (tertiary/aromatic N) is 4. The van der Waals surface area contributed by atoms with Crippen LogP contribution in [0.4, 0.5) is 11.4 Å². The molecule has 0 bridgehead atoms. The molecule has 7 nitrogen and oxygen atoms in total. The van der Waals surface area contributed by atoms with Crippen molar-refractivity contribution < 1.29 is 9.53 Å². The quantitative estimate of drug-likeness (QED) is 0.355. The van der Waals surface area contributed by atoms with Crippen LogP contribution in [0.15, 0.2) is 76.4 Å². The maximum atomic E-state index is 11.8. The summed E-state index contributed by atoms with van der Waals surface area (Å²) in [5, 5.41) is 10.7. The fourth-order valence-electron chi connectivity index (χ4n) is 3.43. The molecule has 1 aliphatic heterocycles. The van der Waals surface area contributed by atoms with Gasteiger partial charge < -0.3 is 10.1 Å². The van der Waals surface area contributed by atoms with E-state index in [1.54, 1.807) is 29.2 Å². The van der Waals surface area contributed by atoms with E-state index in [0.717, 1.165) is 16.8 Å². The summed E-state index contributed by atoms with van der Waals surface area (Å²) < 4.78 is 7.25. The highest BCUT2D eigenvalue weighted by molar-refractivity contribution is 7.07. The molecule has 0 spiro atoms. The van der Waals surface area contributed by atoms with Crippen molar-refractivity contribution in [2.45, 2.75) is 6.92 Å². The minimum Gasteiger partial charge on any atom is -0.482 e. The van der Waals surface area contributed by atoms with Crippen molar-refractivity contribution in [1.82, 2.24) is 9.66 Å². The molecule has 2 aromatic carbocycles. The van der Waals surface area contributed by atoms with Gasteiger partial charge in [0.15, 0.2) is 6.61 Å². The highest BCUT2D eigenvalue weighted by Crippen LogP contribution is 2.33. The largest absolute Gasteiger partial charge is 0.482 e. The summed E-state index contributed by atoms with van der Waals surface area (Å²) in [6.45, 7) is 1.88. The van der Waals surface area contributed by atoms with Crippen molar-refractivity contribution in [3.8, 4) is 17.0 Å². The van der Waals surface area contributed by atoms with Crippen LogP contribution in [0.3, 0.4) is 0 Å². The molecule has 0 saturated carbocycles. The number of fused-ring (bicyclic) bond motifs is 1. The smallest absolute Gasteiger partial charge is 0.262 e. The SMILES string of the molecule is CC(=Nn1c(-c2ccc3c(c2)NC(=O)CO3)csc1=Nc1cccnc1)c1ccc(Cl)cc1Cl. The Morgan fingerprint density at radius 1 is 1.21 bits per heavy atom. The Kier molecular flexibility index (Phi) is 6.19. The zero-order valence-electron chi connectivity index (χ0n) is 17.8. The maximum Gasteiger partial charge on any atom is 0.262 e. The number of thiazole rings is 1. The van der Waals surface area contributed by atoms with Gasteiger partial charge in [-0.25, -0.2) is 9.67 Å². The molecule has 1 N–H and O–H groups in total. The molecular formula is C24H17Cl2N5O2S. The highest BCUT2D eigenvalue weighted by Gasteiger charge is 2.18. The Balaban J connectivity index is 1.67. The molecule has 1 amide bonds. The third-order valence-electron chi connectivity index (χ3n) is 5.04. The van der Waals surface area contributed by atoms with E-state index in [9.17, 15) is 4.79 Å². The number of carbonyl (C=O) groups is 1. The van der Waals surface area contributed by atoms with Crippen LogP contribution in [0, 0.1) is 0 Å². The monoisotopic (exact) mass is 509 g/mol. The van der Waals surface area contributed by atoms with Gasteiger partial charge in [-0.3, -0.25) is 9.78 Å². The lowest BCUT2D eigenvalue weighted by Crippen LogP contribution is -2.25. The molecule has 10 heteroatoms. The first kappa shape index (κ1) is 22.3. The van der Waals surface area contributed by atoms with E-state index in [1.165, 1.54) is 11.3 Å². The fourth-order valence-corrected chi connectivity index (χ4v) is 4.83. The Morgan fingerprint density at radius 2 is 2.09 bits per heavy atom. The van der Waals surface area contributed by atoms with Gasteiger partial charge in [-0.1, -0.05) is 29.3 Å². The van der Waals surface area contributed by atoms with Crippen LogP contribution in [0.1, 0.15) is 12.5 Å². The average Bonchev–Trinajstić information content (AvgIpc) is 3.21. The zero-order chi connectivity index (χ0) is 23.7. The lowest BCUT2D eigenvalue weighted by atomic mass is 10.1. The standard InChI is InChI=1S/C24H17Cl2N5O2S/c1-14(18-6-5-16(25)10-19(18)26)30-31-21(13-34-24(31)28-17-3-2-8-27-11-17)15-4-7-22-20(9-15)29-23(32)12-33-22/h2-11,13H,12H2,1H3,(H,29,32). The lowest BCUT2D eigenvalue weighted by Gasteiger charge is -2.18. The second-order valence-electron chi connectivity index (χ2n) is 7.40. The van der Waals surface area contributed by atoms with Crippen molar-refractivity contribution >= 4 is 57.5 Å². The zero-order valence-corrected chi connectivity index (χ0v) is 20.2.